The molecule has 3 heterocycles. The molecule has 1 aromatic heterocycles. The summed E-state index contributed by atoms with van der Waals surface area (Å²) in [5.74, 6) is -0.672. The van der Waals surface area contributed by atoms with Crippen molar-refractivity contribution < 1.29 is 8.78 Å². The molecular formula is C26H23F2N3. The van der Waals surface area contributed by atoms with Gasteiger partial charge in [-0.2, -0.15) is 5.26 Å². The van der Waals surface area contributed by atoms with Gasteiger partial charge in [0.1, 0.15) is 17.0 Å². The first-order valence-electron chi connectivity index (χ1n) is 10.7. The Bertz CT molecular complexity index is 1070. The Balaban J connectivity index is 1.59. The average molecular weight is 415 g/mol. The van der Waals surface area contributed by atoms with E-state index in [9.17, 15) is 14.0 Å². The predicted molar refractivity (Wildman–Crippen MR) is 114 cm³/mol. The number of piperidine rings is 1. The second kappa shape index (κ2) is 7.86. The van der Waals surface area contributed by atoms with Crippen molar-refractivity contribution in [3.05, 3.63) is 101 Å². The molecule has 2 saturated heterocycles. The summed E-state index contributed by atoms with van der Waals surface area (Å²) in [6.45, 7) is 0. The van der Waals surface area contributed by atoms with Crippen molar-refractivity contribution in [2.75, 3.05) is 0 Å². The standard InChI is InChI=1S/C26H23F2N3/c27-22-9-3-1-7-20(22)25(21-8-2-4-10-23(21)28)31-18-12-13-19(31)16-26(15-18,17-29)24-11-5-6-14-30-24/h1-11,14,18-19,25H,12-13,15-16H2. The zero-order valence-electron chi connectivity index (χ0n) is 17.1. The highest BCUT2D eigenvalue weighted by molar-refractivity contribution is 5.37. The number of hydrogen-bond acceptors (Lipinski definition) is 3. The summed E-state index contributed by atoms with van der Waals surface area (Å²) in [4.78, 5) is 6.75. The third-order valence-corrected chi connectivity index (χ3v) is 6.91. The van der Waals surface area contributed by atoms with E-state index >= 15 is 0 Å². The van der Waals surface area contributed by atoms with E-state index in [1.165, 1.54) is 12.1 Å². The third kappa shape index (κ3) is 3.32. The van der Waals surface area contributed by atoms with E-state index in [-0.39, 0.29) is 23.7 Å². The van der Waals surface area contributed by atoms with Gasteiger partial charge >= 0.3 is 0 Å². The minimum absolute atomic E-state index is 0.0459. The monoisotopic (exact) mass is 415 g/mol. The molecule has 31 heavy (non-hydrogen) atoms. The van der Waals surface area contributed by atoms with Crippen LogP contribution in [0.5, 0.6) is 0 Å². The van der Waals surface area contributed by atoms with Crippen LogP contribution in [0.15, 0.2) is 72.9 Å². The van der Waals surface area contributed by atoms with Gasteiger partial charge in [0.15, 0.2) is 0 Å². The smallest absolute Gasteiger partial charge is 0.128 e. The molecule has 2 unspecified atom stereocenters. The van der Waals surface area contributed by atoms with Gasteiger partial charge in [0.25, 0.3) is 0 Å². The number of rotatable bonds is 4. The number of aromatic nitrogens is 1. The largest absolute Gasteiger partial charge is 0.286 e. The van der Waals surface area contributed by atoms with Gasteiger partial charge in [-0.3, -0.25) is 9.88 Å². The van der Waals surface area contributed by atoms with E-state index < -0.39 is 11.5 Å². The van der Waals surface area contributed by atoms with Crippen LogP contribution in [0.25, 0.3) is 0 Å². The Labute approximate surface area is 181 Å². The molecule has 0 aliphatic carbocycles. The first kappa shape index (κ1) is 19.8. The van der Waals surface area contributed by atoms with Crippen LogP contribution in [-0.4, -0.2) is 22.0 Å². The normalized spacial score (nSPS) is 25.5. The molecule has 0 saturated carbocycles. The fourth-order valence-electron chi connectivity index (χ4n) is 5.59. The van der Waals surface area contributed by atoms with Gasteiger partial charge in [0.2, 0.25) is 0 Å². The van der Waals surface area contributed by atoms with Crippen molar-refractivity contribution in [2.24, 2.45) is 0 Å². The van der Waals surface area contributed by atoms with Crippen molar-refractivity contribution in [3.8, 4) is 6.07 Å². The second-order valence-electron chi connectivity index (χ2n) is 8.59. The Kier molecular flexibility index (Phi) is 5.03. The van der Waals surface area contributed by atoms with Crippen molar-refractivity contribution in [2.45, 2.75) is 49.2 Å². The van der Waals surface area contributed by atoms with Crippen molar-refractivity contribution in [1.82, 2.24) is 9.88 Å². The third-order valence-electron chi connectivity index (χ3n) is 6.91. The molecule has 2 bridgehead atoms. The maximum absolute atomic E-state index is 15.0. The summed E-state index contributed by atoms with van der Waals surface area (Å²) in [6.07, 6.45) is 4.75. The molecule has 2 aliphatic heterocycles. The lowest BCUT2D eigenvalue weighted by Crippen LogP contribution is -2.51. The molecular weight excluding hydrogens is 392 g/mol. The van der Waals surface area contributed by atoms with Gasteiger partial charge in [0, 0.05) is 29.4 Å². The molecule has 2 aromatic carbocycles. The topological polar surface area (TPSA) is 39.9 Å². The van der Waals surface area contributed by atoms with Gasteiger partial charge < -0.3 is 0 Å². The summed E-state index contributed by atoms with van der Waals surface area (Å²) in [7, 11) is 0. The van der Waals surface area contributed by atoms with E-state index in [4.69, 9.17) is 0 Å². The Hall–Kier alpha value is -3.10. The highest BCUT2D eigenvalue weighted by Crippen LogP contribution is 2.51. The van der Waals surface area contributed by atoms with Crippen molar-refractivity contribution in [1.29, 1.82) is 5.26 Å². The number of nitrogens with zero attached hydrogens (tertiary/aromatic N) is 3. The molecule has 3 aromatic rings. The highest BCUT2D eigenvalue weighted by Gasteiger charge is 2.52. The maximum Gasteiger partial charge on any atom is 0.128 e. The molecule has 0 radical (unpaired) electrons. The van der Waals surface area contributed by atoms with Crippen LogP contribution < -0.4 is 0 Å². The molecule has 156 valence electrons. The highest BCUT2D eigenvalue weighted by atomic mass is 19.1. The van der Waals surface area contributed by atoms with Crippen LogP contribution in [0.4, 0.5) is 8.78 Å². The number of pyridine rings is 1. The van der Waals surface area contributed by atoms with Crippen molar-refractivity contribution >= 4 is 0 Å². The number of fused-ring (bicyclic) bond motifs is 2. The second-order valence-corrected chi connectivity index (χ2v) is 8.59. The Morgan fingerprint density at radius 1 is 0.871 bits per heavy atom. The van der Waals surface area contributed by atoms with E-state index in [0.29, 0.717) is 24.0 Å². The predicted octanol–water partition coefficient (Wildman–Crippen LogP) is 5.54. The maximum atomic E-state index is 15.0. The van der Waals surface area contributed by atoms with Gasteiger partial charge in [0.05, 0.1) is 17.8 Å². The number of hydrogen-bond donors (Lipinski definition) is 0. The minimum Gasteiger partial charge on any atom is -0.286 e. The zero-order valence-corrected chi connectivity index (χ0v) is 17.1. The number of nitriles is 1. The summed E-state index contributed by atoms with van der Waals surface area (Å²) in [6, 6.07) is 21.1. The molecule has 3 nitrogen and oxygen atoms in total. The molecule has 5 heteroatoms. The molecule has 0 spiro atoms. The molecule has 5 rings (SSSR count). The fourth-order valence-corrected chi connectivity index (χ4v) is 5.59. The quantitative estimate of drug-likeness (QED) is 0.562. The van der Waals surface area contributed by atoms with Crippen molar-refractivity contribution in [3.63, 3.8) is 0 Å². The lowest BCUT2D eigenvalue weighted by Gasteiger charge is -2.46. The van der Waals surface area contributed by atoms with Crippen LogP contribution >= 0.6 is 0 Å². The number of benzene rings is 2. The summed E-state index contributed by atoms with van der Waals surface area (Å²) < 4.78 is 29.9. The van der Waals surface area contributed by atoms with E-state index in [0.717, 1.165) is 18.5 Å². The summed E-state index contributed by atoms with van der Waals surface area (Å²) in [5, 5.41) is 10.2. The zero-order chi connectivity index (χ0) is 21.4. The van der Waals surface area contributed by atoms with Gasteiger partial charge in [-0.1, -0.05) is 42.5 Å². The lowest BCUT2D eigenvalue weighted by molar-refractivity contribution is 0.0712. The summed E-state index contributed by atoms with van der Waals surface area (Å²) in [5.41, 5.74) is 1.08. The van der Waals surface area contributed by atoms with Gasteiger partial charge in [-0.15, -0.1) is 0 Å². The van der Waals surface area contributed by atoms with E-state index in [1.807, 2.05) is 18.2 Å². The Morgan fingerprint density at radius 3 is 1.90 bits per heavy atom. The SMILES string of the molecule is N#CC1(c2ccccn2)CC2CCC(C1)N2C(c1ccccc1F)c1ccccc1F. The minimum atomic E-state index is -0.668. The molecule has 0 amide bonds. The molecule has 2 aliphatic rings. The van der Waals surface area contributed by atoms with Crippen LogP contribution in [0.1, 0.15) is 48.5 Å². The van der Waals surface area contributed by atoms with Crippen LogP contribution in [-0.2, 0) is 5.41 Å². The first-order chi connectivity index (χ1) is 15.1. The Morgan fingerprint density at radius 2 is 1.42 bits per heavy atom. The first-order valence-corrected chi connectivity index (χ1v) is 10.7. The summed E-state index contributed by atoms with van der Waals surface area (Å²) >= 11 is 0. The molecule has 2 atom stereocenters. The van der Waals surface area contributed by atoms with E-state index in [2.05, 4.69) is 16.0 Å². The lowest BCUT2D eigenvalue weighted by atomic mass is 9.72. The van der Waals surface area contributed by atoms with Crippen LogP contribution in [0.2, 0.25) is 0 Å². The molecule has 0 N–H and O–H groups in total. The van der Waals surface area contributed by atoms with Gasteiger partial charge in [-0.25, -0.2) is 8.78 Å². The number of halogens is 2. The van der Waals surface area contributed by atoms with Crippen LogP contribution in [0.3, 0.4) is 0 Å². The van der Waals surface area contributed by atoms with Crippen LogP contribution in [0, 0.1) is 23.0 Å². The molecule has 2 fully saturated rings. The van der Waals surface area contributed by atoms with E-state index in [1.54, 1.807) is 42.6 Å². The fraction of sp³-hybridized carbons (Fsp3) is 0.308. The average Bonchev–Trinajstić information content (AvgIpc) is 3.06. The van der Waals surface area contributed by atoms with Gasteiger partial charge in [-0.05, 0) is 49.9 Å².